The number of rotatable bonds is 4. The summed E-state index contributed by atoms with van der Waals surface area (Å²) in [6.45, 7) is -0.905. The van der Waals surface area contributed by atoms with Crippen molar-refractivity contribution in [3.05, 3.63) is 35.5 Å². The van der Waals surface area contributed by atoms with Crippen molar-refractivity contribution in [3.8, 4) is 16.5 Å². The van der Waals surface area contributed by atoms with Crippen LogP contribution in [0.5, 0.6) is 5.19 Å². The summed E-state index contributed by atoms with van der Waals surface area (Å²) in [5, 5.41) is 1.54. The van der Waals surface area contributed by atoms with Crippen molar-refractivity contribution >= 4 is 23.3 Å². The Morgan fingerprint density at radius 2 is 1.83 bits per heavy atom. The van der Waals surface area contributed by atoms with E-state index in [4.69, 9.17) is 4.74 Å². The lowest BCUT2D eigenvalue weighted by atomic mass is 10.2. The summed E-state index contributed by atoms with van der Waals surface area (Å²) in [5.74, 6) is -4.53. The molecule has 0 aliphatic rings. The lowest BCUT2D eigenvalue weighted by Gasteiger charge is -2.05. The van der Waals surface area contributed by atoms with Gasteiger partial charge in [-0.05, 0) is 24.3 Å². The van der Waals surface area contributed by atoms with E-state index in [1.807, 2.05) is 0 Å². The highest BCUT2D eigenvalue weighted by atomic mass is 32.1. The molecule has 0 spiro atoms. The highest BCUT2D eigenvalue weighted by molar-refractivity contribution is 7.11. The minimum atomic E-state index is -5.26. The summed E-state index contributed by atoms with van der Waals surface area (Å²) in [5.41, 5.74) is 1.03. The number of hydrogen-bond donors (Lipinski definition) is 0. The second kappa shape index (κ2) is 6.73. The quantitative estimate of drug-likeness (QED) is 0.482. The summed E-state index contributed by atoms with van der Waals surface area (Å²) in [6.07, 6.45) is -5.26. The Labute approximate surface area is 130 Å². The monoisotopic (exact) mass is 349 g/mol. The zero-order valence-corrected chi connectivity index (χ0v) is 11.9. The van der Waals surface area contributed by atoms with Crippen molar-refractivity contribution in [1.82, 2.24) is 4.98 Å². The summed E-state index contributed by atoms with van der Waals surface area (Å²) >= 11 is 0.973. The number of carbonyl (C=O) groups is 2. The fraction of sp³-hybridized carbons (Fsp3) is 0.154. The number of nitrogens with zero attached hydrogens (tertiary/aromatic N) is 1. The SMILES string of the molecule is O=C(COc1nc(-c2ccc(F)cc2)cs1)OC(=O)C(F)(F)F. The molecule has 0 amide bonds. The van der Waals surface area contributed by atoms with E-state index in [1.54, 1.807) is 5.38 Å². The van der Waals surface area contributed by atoms with Crippen LogP contribution < -0.4 is 4.74 Å². The standard InChI is InChI=1S/C13H7F4NO4S/c14-8-3-1-7(2-4-8)9-6-23-12(18-9)21-5-10(19)22-11(20)13(15,16)17/h1-4,6H,5H2. The first-order valence-electron chi connectivity index (χ1n) is 5.92. The summed E-state index contributed by atoms with van der Waals surface area (Å²) in [6, 6.07) is 5.42. The highest BCUT2D eigenvalue weighted by Gasteiger charge is 2.42. The van der Waals surface area contributed by atoms with Crippen molar-refractivity contribution in [3.63, 3.8) is 0 Å². The van der Waals surface area contributed by atoms with Gasteiger partial charge in [0.25, 0.3) is 5.19 Å². The van der Waals surface area contributed by atoms with Crippen molar-refractivity contribution in [2.75, 3.05) is 6.61 Å². The smallest absolute Gasteiger partial charge is 0.458 e. The van der Waals surface area contributed by atoms with Crippen LogP contribution in [0, 0.1) is 5.82 Å². The van der Waals surface area contributed by atoms with E-state index in [1.165, 1.54) is 24.3 Å². The average Bonchev–Trinajstić information content (AvgIpc) is 2.94. The molecular formula is C13H7F4NO4S. The molecule has 10 heteroatoms. The molecule has 0 aliphatic heterocycles. The van der Waals surface area contributed by atoms with E-state index in [2.05, 4.69) is 9.72 Å². The number of hydrogen-bond acceptors (Lipinski definition) is 6. The maximum absolute atomic E-state index is 12.8. The Morgan fingerprint density at radius 3 is 2.43 bits per heavy atom. The molecule has 2 rings (SSSR count). The number of halogens is 4. The van der Waals surface area contributed by atoms with Gasteiger partial charge in [-0.15, -0.1) is 0 Å². The van der Waals surface area contributed by atoms with Gasteiger partial charge in [-0.25, -0.2) is 19.0 Å². The molecule has 0 bridgehead atoms. The molecule has 0 aliphatic carbocycles. The normalized spacial score (nSPS) is 11.1. The predicted octanol–water partition coefficient (Wildman–Crippen LogP) is 2.96. The van der Waals surface area contributed by atoms with E-state index in [9.17, 15) is 27.2 Å². The molecule has 1 aromatic carbocycles. The zero-order chi connectivity index (χ0) is 17.0. The number of aromatic nitrogens is 1. The third kappa shape index (κ3) is 4.74. The molecule has 2 aromatic rings. The van der Waals surface area contributed by atoms with Crippen LogP contribution in [0.1, 0.15) is 0 Å². The molecule has 0 unspecified atom stereocenters. The second-order valence-corrected chi connectivity index (χ2v) is 4.87. The summed E-state index contributed by atoms with van der Waals surface area (Å²) < 4.78 is 56.9. The largest absolute Gasteiger partial charge is 0.491 e. The van der Waals surface area contributed by atoms with E-state index in [-0.39, 0.29) is 5.19 Å². The van der Waals surface area contributed by atoms with Gasteiger partial charge in [0.2, 0.25) is 0 Å². The number of carbonyl (C=O) groups excluding carboxylic acids is 2. The number of esters is 2. The Morgan fingerprint density at radius 1 is 1.17 bits per heavy atom. The maximum Gasteiger partial charge on any atom is 0.491 e. The van der Waals surface area contributed by atoms with Crippen LogP contribution in [0.25, 0.3) is 11.3 Å². The van der Waals surface area contributed by atoms with E-state index in [0.29, 0.717) is 11.3 Å². The highest BCUT2D eigenvalue weighted by Crippen LogP contribution is 2.26. The molecule has 1 aromatic heterocycles. The van der Waals surface area contributed by atoms with E-state index in [0.717, 1.165) is 11.3 Å². The molecule has 5 nitrogen and oxygen atoms in total. The fourth-order valence-corrected chi connectivity index (χ4v) is 2.07. The van der Waals surface area contributed by atoms with Crippen LogP contribution in [-0.2, 0) is 14.3 Å². The third-order valence-corrected chi connectivity index (χ3v) is 3.13. The van der Waals surface area contributed by atoms with Gasteiger partial charge >= 0.3 is 18.1 Å². The topological polar surface area (TPSA) is 65.5 Å². The van der Waals surface area contributed by atoms with Crippen LogP contribution in [0.2, 0.25) is 0 Å². The first-order chi connectivity index (χ1) is 10.8. The van der Waals surface area contributed by atoms with Gasteiger partial charge in [-0.3, -0.25) is 0 Å². The second-order valence-electron chi connectivity index (χ2n) is 4.05. The molecule has 0 radical (unpaired) electrons. The molecule has 122 valence electrons. The van der Waals surface area contributed by atoms with Crippen molar-refractivity contribution in [1.29, 1.82) is 0 Å². The Bertz CT molecular complexity index is 712. The molecule has 1 heterocycles. The minimum Gasteiger partial charge on any atom is -0.458 e. The molecule has 0 N–H and O–H groups in total. The van der Waals surface area contributed by atoms with Gasteiger partial charge in [-0.2, -0.15) is 13.2 Å². The molecular weight excluding hydrogens is 342 g/mol. The lowest BCUT2D eigenvalue weighted by Crippen LogP contribution is -2.30. The van der Waals surface area contributed by atoms with Crippen molar-refractivity contribution in [2.24, 2.45) is 0 Å². The van der Waals surface area contributed by atoms with Crippen LogP contribution >= 0.6 is 11.3 Å². The fourth-order valence-electron chi connectivity index (χ4n) is 1.39. The molecule has 0 saturated heterocycles. The van der Waals surface area contributed by atoms with Gasteiger partial charge in [0.05, 0.1) is 5.69 Å². The lowest BCUT2D eigenvalue weighted by molar-refractivity contribution is -0.202. The zero-order valence-electron chi connectivity index (χ0n) is 11.1. The third-order valence-electron chi connectivity index (χ3n) is 2.37. The Hall–Kier alpha value is -2.49. The molecule has 0 atom stereocenters. The van der Waals surface area contributed by atoms with Gasteiger partial charge in [-0.1, -0.05) is 11.3 Å². The van der Waals surface area contributed by atoms with Crippen LogP contribution in [0.15, 0.2) is 29.6 Å². The van der Waals surface area contributed by atoms with Crippen molar-refractivity contribution in [2.45, 2.75) is 6.18 Å². The van der Waals surface area contributed by atoms with Gasteiger partial charge < -0.3 is 9.47 Å². The molecule has 23 heavy (non-hydrogen) atoms. The summed E-state index contributed by atoms with van der Waals surface area (Å²) in [7, 11) is 0. The van der Waals surface area contributed by atoms with Gasteiger partial charge in [0, 0.05) is 10.9 Å². The number of benzene rings is 1. The van der Waals surface area contributed by atoms with Gasteiger partial charge in [0.1, 0.15) is 5.82 Å². The van der Waals surface area contributed by atoms with Crippen molar-refractivity contribution < 1.29 is 36.6 Å². The van der Waals surface area contributed by atoms with Crippen LogP contribution in [0.3, 0.4) is 0 Å². The van der Waals surface area contributed by atoms with Crippen LogP contribution in [0.4, 0.5) is 17.6 Å². The Balaban J connectivity index is 1.91. The maximum atomic E-state index is 12.8. The summed E-state index contributed by atoms with van der Waals surface area (Å²) in [4.78, 5) is 25.5. The molecule has 0 fully saturated rings. The predicted molar refractivity (Wildman–Crippen MR) is 70.2 cm³/mol. The first-order valence-corrected chi connectivity index (χ1v) is 6.80. The van der Waals surface area contributed by atoms with E-state index < -0.39 is 30.5 Å². The number of alkyl halides is 3. The number of thiazole rings is 1. The average molecular weight is 349 g/mol. The first kappa shape index (κ1) is 16.9. The minimum absolute atomic E-state index is 0.0132. The number of ether oxygens (including phenoxy) is 2. The van der Waals surface area contributed by atoms with E-state index >= 15 is 0 Å². The van der Waals surface area contributed by atoms with Crippen LogP contribution in [-0.4, -0.2) is 29.7 Å². The molecule has 0 saturated carbocycles. The Kier molecular flexibility index (Phi) is 4.94. The van der Waals surface area contributed by atoms with Gasteiger partial charge in [0.15, 0.2) is 6.61 Å².